The van der Waals surface area contributed by atoms with Crippen LogP contribution in [0.25, 0.3) is 0 Å². The molecule has 1 N–H and O–H groups in total. The summed E-state index contributed by atoms with van der Waals surface area (Å²) >= 11 is 6.13. The van der Waals surface area contributed by atoms with Gasteiger partial charge in [0.25, 0.3) is 0 Å². The Hall–Kier alpha value is -0.530. The smallest absolute Gasteiger partial charge is 0.0441 e. The summed E-state index contributed by atoms with van der Waals surface area (Å²) in [5.74, 6) is 0.613. The molecular weight excluding hydrogens is 182 g/mol. The van der Waals surface area contributed by atoms with Gasteiger partial charge in [0.1, 0.15) is 0 Å². The summed E-state index contributed by atoms with van der Waals surface area (Å²) in [6.45, 7) is 2.23. The van der Waals surface area contributed by atoms with Crippen LogP contribution in [0.3, 0.4) is 0 Å². The van der Waals surface area contributed by atoms with Gasteiger partial charge < -0.3 is 5.32 Å². The van der Waals surface area contributed by atoms with Crippen LogP contribution in [0.2, 0.25) is 5.02 Å². The first-order chi connectivity index (χ1) is 6.38. The monoisotopic (exact) mass is 195 g/mol. The van der Waals surface area contributed by atoms with Crippen molar-refractivity contribution in [2.45, 2.75) is 18.8 Å². The lowest BCUT2D eigenvalue weighted by molar-refractivity contribution is 0.462. The van der Waals surface area contributed by atoms with E-state index in [0.717, 1.165) is 18.1 Å². The van der Waals surface area contributed by atoms with Crippen molar-refractivity contribution in [1.29, 1.82) is 0 Å². The molecule has 2 heteroatoms. The Labute approximate surface area is 84.1 Å². The van der Waals surface area contributed by atoms with E-state index in [0.29, 0.717) is 5.92 Å². The Morgan fingerprint density at radius 3 is 2.85 bits per heavy atom. The van der Waals surface area contributed by atoms with E-state index in [1.54, 1.807) is 0 Å². The van der Waals surface area contributed by atoms with Crippen molar-refractivity contribution in [2.75, 3.05) is 13.1 Å². The van der Waals surface area contributed by atoms with Crippen LogP contribution in [0, 0.1) is 0 Å². The maximum atomic E-state index is 6.13. The SMILES string of the molecule is Clc1ccccc1[C@@H]1CCCNC1. The zero-order valence-electron chi connectivity index (χ0n) is 7.59. The fraction of sp³-hybridized carbons (Fsp3) is 0.455. The number of hydrogen-bond acceptors (Lipinski definition) is 1. The minimum Gasteiger partial charge on any atom is -0.316 e. The summed E-state index contributed by atoms with van der Waals surface area (Å²) in [5, 5.41) is 4.32. The van der Waals surface area contributed by atoms with Crippen LogP contribution in [0.5, 0.6) is 0 Å². The Bertz CT molecular complexity index is 279. The van der Waals surface area contributed by atoms with Gasteiger partial charge in [0.05, 0.1) is 0 Å². The molecule has 0 saturated carbocycles. The van der Waals surface area contributed by atoms with E-state index in [1.807, 2.05) is 12.1 Å². The largest absolute Gasteiger partial charge is 0.316 e. The first-order valence-electron chi connectivity index (χ1n) is 4.83. The van der Waals surface area contributed by atoms with Crippen molar-refractivity contribution in [3.05, 3.63) is 34.9 Å². The summed E-state index contributed by atoms with van der Waals surface area (Å²) in [7, 11) is 0. The molecule has 1 aromatic carbocycles. The van der Waals surface area contributed by atoms with Crippen LogP contribution in [-0.2, 0) is 0 Å². The average Bonchev–Trinajstić information content (AvgIpc) is 2.20. The van der Waals surface area contributed by atoms with E-state index in [1.165, 1.54) is 18.4 Å². The number of benzene rings is 1. The van der Waals surface area contributed by atoms with Gasteiger partial charge in [0.2, 0.25) is 0 Å². The third-order valence-corrected chi connectivity index (χ3v) is 2.99. The highest BCUT2D eigenvalue weighted by atomic mass is 35.5. The topological polar surface area (TPSA) is 12.0 Å². The molecule has 1 aliphatic heterocycles. The third-order valence-electron chi connectivity index (χ3n) is 2.64. The highest BCUT2D eigenvalue weighted by Crippen LogP contribution is 2.28. The number of rotatable bonds is 1. The zero-order valence-corrected chi connectivity index (χ0v) is 8.35. The van der Waals surface area contributed by atoms with E-state index in [4.69, 9.17) is 11.6 Å². The number of nitrogens with one attached hydrogen (secondary N) is 1. The second-order valence-corrected chi connectivity index (χ2v) is 3.97. The summed E-state index contributed by atoms with van der Waals surface area (Å²) in [4.78, 5) is 0. The molecule has 1 aromatic rings. The van der Waals surface area contributed by atoms with Gasteiger partial charge >= 0.3 is 0 Å². The van der Waals surface area contributed by atoms with E-state index >= 15 is 0 Å². The van der Waals surface area contributed by atoms with E-state index in [-0.39, 0.29) is 0 Å². The molecule has 1 saturated heterocycles. The normalized spacial score (nSPS) is 23.0. The van der Waals surface area contributed by atoms with Gasteiger partial charge in [0, 0.05) is 11.6 Å². The Kier molecular flexibility index (Phi) is 2.87. The minimum atomic E-state index is 0.613. The van der Waals surface area contributed by atoms with Gasteiger partial charge in [-0.05, 0) is 36.9 Å². The highest BCUT2D eigenvalue weighted by Gasteiger charge is 2.16. The first-order valence-corrected chi connectivity index (χ1v) is 5.21. The molecule has 1 aliphatic rings. The summed E-state index contributed by atoms with van der Waals surface area (Å²) in [5.41, 5.74) is 1.30. The lowest BCUT2D eigenvalue weighted by atomic mass is 9.92. The maximum Gasteiger partial charge on any atom is 0.0441 e. The molecule has 1 heterocycles. The molecule has 1 nitrogen and oxygen atoms in total. The molecule has 0 unspecified atom stereocenters. The Morgan fingerprint density at radius 2 is 2.15 bits per heavy atom. The number of halogens is 1. The molecule has 13 heavy (non-hydrogen) atoms. The third kappa shape index (κ3) is 2.04. The van der Waals surface area contributed by atoms with Crippen LogP contribution >= 0.6 is 11.6 Å². The zero-order chi connectivity index (χ0) is 9.10. The quantitative estimate of drug-likeness (QED) is 0.727. The lowest BCUT2D eigenvalue weighted by Crippen LogP contribution is -2.28. The molecular formula is C11H14ClN. The van der Waals surface area contributed by atoms with Crippen molar-refractivity contribution < 1.29 is 0 Å². The van der Waals surface area contributed by atoms with Gasteiger partial charge in [-0.15, -0.1) is 0 Å². The van der Waals surface area contributed by atoms with E-state index < -0.39 is 0 Å². The van der Waals surface area contributed by atoms with Gasteiger partial charge in [0.15, 0.2) is 0 Å². The van der Waals surface area contributed by atoms with Crippen LogP contribution in [-0.4, -0.2) is 13.1 Å². The predicted octanol–water partition coefficient (Wildman–Crippen LogP) is 2.81. The Morgan fingerprint density at radius 1 is 1.31 bits per heavy atom. The summed E-state index contributed by atoms with van der Waals surface area (Å²) < 4.78 is 0. The molecule has 0 aliphatic carbocycles. The second kappa shape index (κ2) is 4.12. The van der Waals surface area contributed by atoms with Crippen LogP contribution in [0.1, 0.15) is 24.3 Å². The van der Waals surface area contributed by atoms with Crippen molar-refractivity contribution in [2.24, 2.45) is 0 Å². The molecule has 0 radical (unpaired) electrons. The molecule has 0 aromatic heterocycles. The van der Waals surface area contributed by atoms with E-state index in [2.05, 4.69) is 17.4 Å². The molecule has 1 atom stereocenters. The van der Waals surface area contributed by atoms with Gasteiger partial charge in [-0.25, -0.2) is 0 Å². The molecule has 1 fully saturated rings. The van der Waals surface area contributed by atoms with Crippen molar-refractivity contribution in [1.82, 2.24) is 5.32 Å². The van der Waals surface area contributed by atoms with Gasteiger partial charge in [-0.3, -0.25) is 0 Å². The van der Waals surface area contributed by atoms with E-state index in [9.17, 15) is 0 Å². The standard InChI is InChI=1S/C11H14ClN/c12-11-6-2-1-5-10(11)9-4-3-7-13-8-9/h1-2,5-6,9,13H,3-4,7-8H2/t9-/m1/s1. The number of hydrogen-bond donors (Lipinski definition) is 1. The number of piperidine rings is 1. The molecule has 0 spiro atoms. The highest BCUT2D eigenvalue weighted by molar-refractivity contribution is 6.31. The Balaban J connectivity index is 2.18. The first kappa shape index (κ1) is 9.04. The molecule has 0 bridgehead atoms. The molecule has 2 rings (SSSR count). The van der Waals surface area contributed by atoms with Crippen molar-refractivity contribution in [3.63, 3.8) is 0 Å². The second-order valence-electron chi connectivity index (χ2n) is 3.56. The summed E-state index contributed by atoms with van der Waals surface area (Å²) in [6, 6.07) is 8.17. The summed E-state index contributed by atoms with van der Waals surface area (Å²) in [6.07, 6.45) is 2.52. The fourth-order valence-electron chi connectivity index (χ4n) is 1.92. The fourth-order valence-corrected chi connectivity index (χ4v) is 2.21. The predicted molar refractivity (Wildman–Crippen MR) is 56.3 cm³/mol. The lowest BCUT2D eigenvalue weighted by Gasteiger charge is -2.23. The van der Waals surface area contributed by atoms with Crippen molar-refractivity contribution >= 4 is 11.6 Å². The maximum absolute atomic E-state index is 6.13. The van der Waals surface area contributed by atoms with Crippen LogP contribution in [0.15, 0.2) is 24.3 Å². The van der Waals surface area contributed by atoms with Gasteiger partial charge in [-0.2, -0.15) is 0 Å². The average molecular weight is 196 g/mol. The molecule has 0 amide bonds. The van der Waals surface area contributed by atoms with Gasteiger partial charge in [-0.1, -0.05) is 29.8 Å². The molecule has 70 valence electrons. The minimum absolute atomic E-state index is 0.613. The van der Waals surface area contributed by atoms with Crippen LogP contribution in [0.4, 0.5) is 0 Å². The van der Waals surface area contributed by atoms with Crippen LogP contribution < -0.4 is 5.32 Å². The van der Waals surface area contributed by atoms with Crippen molar-refractivity contribution in [3.8, 4) is 0 Å².